The SMILES string of the molecule is COc1ccc(C(NC(=O)N(C)C(C)CO)c2ccc(F)cc2)cc1. The maximum atomic E-state index is 13.3. The van der Waals surface area contributed by atoms with Crippen molar-refractivity contribution < 1.29 is 19.0 Å². The van der Waals surface area contributed by atoms with Crippen LogP contribution in [0.5, 0.6) is 5.75 Å². The average molecular weight is 346 g/mol. The van der Waals surface area contributed by atoms with E-state index in [0.717, 1.165) is 11.1 Å². The summed E-state index contributed by atoms with van der Waals surface area (Å²) in [6.07, 6.45) is 0. The van der Waals surface area contributed by atoms with Gasteiger partial charge in [0.1, 0.15) is 11.6 Å². The molecule has 0 aromatic heterocycles. The van der Waals surface area contributed by atoms with Crippen LogP contribution in [0.1, 0.15) is 24.1 Å². The van der Waals surface area contributed by atoms with Crippen molar-refractivity contribution in [2.75, 3.05) is 20.8 Å². The molecule has 2 N–H and O–H groups in total. The molecule has 0 radical (unpaired) electrons. The number of urea groups is 1. The van der Waals surface area contributed by atoms with E-state index in [9.17, 15) is 14.3 Å². The van der Waals surface area contributed by atoms with E-state index < -0.39 is 6.04 Å². The molecule has 134 valence electrons. The average Bonchev–Trinajstić information content (AvgIpc) is 2.65. The Morgan fingerprint density at radius 2 is 1.68 bits per heavy atom. The molecule has 2 rings (SSSR count). The monoisotopic (exact) mass is 346 g/mol. The number of likely N-dealkylation sites (N-methyl/N-ethyl adjacent to an activating group) is 1. The lowest BCUT2D eigenvalue weighted by molar-refractivity contribution is 0.156. The molecule has 0 saturated heterocycles. The molecular weight excluding hydrogens is 323 g/mol. The van der Waals surface area contributed by atoms with Gasteiger partial charge in [-0.1, -0.05) is 24.3 Å². The van der Waals surface area contributed by atoms with Crippen LogP contribution < -0.4 is 10.1 Å². The first-order valence-corrected chi connectivity index (χ1v) is 8.00. The molecule has 0 heterocycles. The highest BCUT2D eigenvalue weighted by Crippen LogP contribution is 2.25. The van der Waals surface area contributed by atoms with Crippen molar-refractivity contribution in [3.8, 4) is 5.75 Å². The van der Waals surface area contributed by atoms with Gasteiger partial charge < -0.3 is 20.1 Å². The fourth-order valence-electron chi connectivity index (χ4n) is 2.36. The third-order valence-corrected chi connectivity index (χ3v) is 4.17. The van der Waals surface area contributed by atoms with Crippen molar-refractivity contribution in [1.29, 1.82) is 0 Å². The van der Waals surface area contributed by atoms with Crippen molar-refractivity contribution in [3.63, 3.8) is 0 Å². The van der Waals surface area contributed by atoms with Gasteiger partial charge in [0, 0.05) is 7.05 Å². The molecular formula is C19H23FN2O3. The van der Waals surface area contributed by atoms with Crippen LogP contribution in [-0.4, -0.2) is 42.8 Å². The number of carbonyl (C=O) groups excluding carboxylic acids is 1. The number of ether oxygens (including phenoxy) is 1. The molecule has 25 heavy (non-hydrogen) atoms. The van der Waals surface area contributed by atoms with Gasteiger partial charge in [0.05, 0.1) is 25.8 Å². The van der Waals surface area contributed by atoms with Crippen LogP contribution in [0.3, 0.4) is 0 Å². The third-order valence-electron chi connectivity index (χ3n) is 4.17. The summed E-state index contributed by atoms with van der Waals surface area (Å²) < 4.78 is 18.4. The zero-order valence-corrected chi connectivity index (χ0v) is 14.6. The lowest BCUT2D eigenvalue weighted by atomic mass is 9.98. The second-order valence-corrected chi connectivity index (χ2v) is 5.85. The van der Waals surface area contributed by atoms with Gasteiger partial charge in [-0.25, -0.2) is 9.18 Å². The van der Waals surface area contributed by atoms with Crippen molar-refractivity contribution >= 4 is 6.03 Å². The van der Waals surface area contributed by atoms with Crippen molar-refractivity contribution in [2.24, 2.45) is 0 Å². The molecule has 0 aliphatic carbocycles. The van der Waals surface area contributed by atoms with Gasteiger partial charge in [-0.2, -0.15) is 0 Å². The van der Waals surface area contributed by atoms with Gasteiger partial charge in [-0.05, 0) is 42.3 Å². The number of hydrogen-bond acceptors (Lipinski definition) is 3. The van der Waals surface area contributed by atoms with Crippen LogP contribution in [0.25, 0.3) is 0 Å². The Kier molecular flexibility index (Phi) is 6.36. The fourth-order valence-corrected chi connectivity index (χ4v) is 2.36. The van der Waals surface area contributed by atoms with Crippen molar-refractivity contribution in [1.82, 2.24) is 10.2 Å². The molecule has 5 nitrogen and oxygen atoms in total. The Bertz CT molecular complexity index is 689. The molecule has 2 atom stereocenters. The quantitative estimate of drug-likeness (QED) is 0.845. The van der Waals surface area contributed by atoms with Gasteiger partial charge in [-0.3, -0.25) is 0 Å². The van der Waals surface area contributed by atoms with E-state index in [2.05, 4.69) is 5.32 Å². The predicted octanol–water partition coefficient (Wildman–Crippen LogP) is 2.95. The Morgan fingerprint density at radius 3 is 2.16 bits per heavy atom. The number of carbonyl (C=O) groups is 1. The number of hydrogen-bond donors (Lipinski definition) is 2. The van der Waals surface area contributed by atoms with Crippen LogP contribution in [0.15, 0.2) is 48.5 Å². The second-order valence-electron chi connectivity index (χ2n) is 5.85. The van der Waals surface area contributed by atoms with Crippen LogP contribution in [-0.2, 0) is 0 Å². The lowest BCUT2D eigenvalue weighted by Crippen LogP contribution is -2.45. The minimum atomic E-state index is -0.452. The Balaban J connectivity index is 2.31. The summed E-state index contributed by atoms with van der Waals surface area (Å²) in [4.78, 5) is 13.9. The van der Waals surface area contributed by atoms with Gasteiger partial charge in [0.25, 0.3) is 0 Å². The Labute approximate surface area is 147 Å². The van der Waals surface area contributed by atoms with Crippen LogP contribution in [0.4, 0.5) is 9.18 Å². The molecule has 2 aromatic rings. The number of amides is 2. The first-order valence-electron chi connectivity index (χ1n) is 8.00. The van der Waals surface area contributed by atoms with Crippen LogP contribution in [0, 0.1) is 5.82 Å². The topological polar surface area (TPSA) is 61.8 Å². The lowest BCUT2D eigenvalue weighted by Gasteiger charge is -2.27. The molecule has 0 fully saturated rings. The van der Waals surface area contributed by atoms with Crippen LogP contribution in [0.2, 0.25) is 0 Å². The third kappa shape index (κ3) is 4.70. The van der Waals surface area contributed by atoms with Crippen molar-refractivity contribution in [3.05, 3.63) is 65.5 Å². The molecule has 0 bridgehead atoms. The zero-order chi connectivity index (χ0) is 18.4. The maximum absolute atomic E-state index is 13.3. The van der Waals surface area contributed by atoms with Gasteiger partial charge in [0.15, 0.2) is 0 Å². The molecule has 2 unspecified atom stereocenters. The summed E-state index contributed by atoms with van der Waals surface area (Å²) in [6, 6.07) is 12.2. The Hall–Kier alpha value is -2.60. The molecule has 0 aliphatic heterocycles. The largest absolute Gasteiger partial charge is 0.497 e. The van der Waals surface area contributed by atoms with E-state index in [1.807, 2.05) is 12.1 Å². The van der Waals surface area contributed by atoms with E-state index in [-0.39, 0.29) is 24.5 Å². The minimum absolute atomic E-state index is 0.131. The highest BCUT2D eigenvalue weighted by molar-refractivity contribution is 5.75. The molecule has 0 spiro atoms. The van der Waals surface area contributed by atoms with Gasteiger partial charge >= 0.3 is 6.03 Å². The number of methoxy groups -OCH3 is 1. The summed E-state index contributed by atoms with van der Waals surface area (Å²) in [6.45, 7) is 1.62. The van der Waals surface area contributed by atoms with E-state index in [4.69, 9.17) is 4.74 Å². The number of halogens is 1. The number of benzene rings is 2. The minimum Gasteiger partial charge on any atom is -0.497 e. The number of nitrogens with one attached hydrogen (secondary N) is 1. The Morgan fingerprint density at radius 1 is 1.16 bits per heavy atom. The molecule has 2 aromatic carbocycles. The first-order chi connectivity index (χ1) is 12.0. The second kappa shape index (κ2) is 8.48. The zero-order valence-electron chi connectivity index (χ0n) is 14.6. The van der Waals surface area contributed by atoms with E-state index in [1.54, 1.807) is 45.3 Å². The smallest absolute Gasteiger partial charge is 0.318 e. The summed E-state index contributed by atoms with van der Waals surface area (Å²) in [5.41, 5.74) is 1.59. The fraction of sp³-hybridized carbons (Fsp3) is 0.316. The van der Waals surface area contributed by atoms with Gasteiger partial charge in [-0.15, -0.1) is 0 Å². The first kappa shape index (κ1) is 18.7. The number of rotatable bonds is 6. The highest BCUT2D eigenvalue weighted by Gasteiger charge is 2.21. The summed E-state index contributed by atoms with van der Waals surface area (Å²) >= 11 is 0. The molecule has 2 amide bonds. The van der Waals surface area contributed by atoms with E-state index in [0.29, 0.717) is 5.75 Å². The maximum Gasteiger partial charge on any atom is 0.318 e. The number of aliphatic hydroxyl groups is 1. The van der Waals surface area contributed by atoms with E-state index in [1.165, 1.54) is 17.0 Å². The predicted molar refractivity (Wildman–Crippen MR) is 94.1 cm³/mol. The van der Waals surface area contributed by atoms with Crippen molar-refractivity contribution in [2.45, 2.75) is 19.0 Å². The van der Waals surface area contributed by atoms with Gasteiger partial charge in [0.2, 0.25) is 0 Å². The normalized spacial score (nSPS) is 13.0. The number of nitrogens with zero attached hydrogens (tertiary/aromatic N) is 1. The summed E-state index contributed by atoms with van der Waals surface area (Å²) in [5.74, 6) is 0.369. The molecule has 6 heteroatoms. The van der Waals surface area contributed by atoms with Crippen LogP contribution >= 0.6 is 0 Å². The highest BCUT2D eigenvalue weighted by atomic mass is 19.1. The molecule has 0 aliphatic rings. The van der Waals surface area contributed by atoms with E-state index >= 15 is 0 Å². The number of aliphatic hydroxyl groups excluding tert-OH is 1. The standard InChI is InChI=1S/C19H23FN2O3/c1-13(12-23)22(2)19(24)21-18(14-4-8-16(20)9-5-14)15-6-10-17(25-3)11-7-15/h4-11,13,18,23H,12H2,1-3H3,(H,21,24). The summed E-state index contributed by atoms with van der Waals surface area (Å²) in [5, 5.41) is 12.2. The molecule has 0 saturated carbocycles. The summed E-state index contributed by atoms with van der Waals surface area (Å²) in [7, 11) is 3.20.